The predicted octanol–water partition coefficient (Wildman–Crippen LogP) is 14.4. The number of benzene rings is 9. The summed E-state index contributed by atoms with van der Waals surface area (Å²) in [7, 11) is 0. The molecule has 290 valence electrons. The van der Waals surface area contributed by atoms with Crippen LogP contribution in [0, 0.1) is 0 Å². The summed E-state index contributed by atoms with van der Waals surface area (Å²) >= 11 is 0. The summed E-state index contributed by atoms with van der Waals surface area (Å²) < 4.78 is 4.43. The van der Waals surface area contributed by atoms with Gasteiger partial charge in [0.2, 0.25) is 11.9 Å². The van der Waals surface area contributed by atoms with E-state index < -0.39 is 0 Å². The highest BCUT2D eigenvalue weighted by Gasteiger charge is 2.22. The van der Waals surface area contributed by atoms with Crippen LogP contribution in [0.1, 0.15) is 0 Å². The van der Waals surface area contributed by atoms with Crippen LogP contribution in [0.4, 0.5) is 0 Å². The van der Waals surface area contributed by atoms with Gasteiger partial charge < -0.3 is 0 Å². The molecule has 0 bridgehead atoms. The van der Waals surface area contributed by atoms with E-state index in [1.54, 1.807) is 0 Å². The molecule has 9 aromatic carbocycles. The zero-order chi connectivity index (χ0) is 41.0. The minimum Gasteiger partial charge on any atom is -0.278 e. The summed E-state index contributed by atoms with van der Waals surface area (Å²) in [5, 5.41) is 4.53. The third-order valence-corrected chi connectivity index (χ3v) is 12.0. The van der Waals surface area contributed by atoms with Crippen LogP contribution in [0.15, 0.2) is 224 Å². The van der Waals surface area contributed by atoms with E-state index in [1.165, 1.54) is 5.56 Å². The van der Waals surface area contributed by atoms with Crippen LogP contribution in [0.25, 0.3) is 111 Å². The molecule has 12 aromatic rings. The van der Waals surface area contributed by atoms with E-state index in [-0.39, 0.29) is 0 Å². The Hall–Kier alpha value is -8.41. The fourth-order valence-corrected chi connectivity index (χ4v) is 9.09. The van der Waals surface area contributed by atoms with Gasteiger partial charge in [0.05, 0.1) is 22.1 Å². The maximum Gasteiger partial charge on any atom is 0.240 e. The Kier molecular flexibility index (Phi) is 8.42. The number of hydrogen-bond donors (Lipinski definition) is 0. The highest BCUT2D eigenvalue weighted by molar-refractivity contribution is 6.11. The minimum absolute atomic E-state index is 0.541. The quantitative estimate of drug-likeness (QED) is 0.162. The van der Waals surface area contributed by atoms with Crippen LogP contribution < -0.4 is 0 Å². The van der Waals surface area contributed by atoms with E-state index in [0.29, 0.717) is 17.7 Å². The van der Waals surface area contributed by atoms with Crippen molar-refractivity contribution in [2.45, 2.75) is 0 Å². The number of hydrogen-bond acceptors (Lipinski definition) is 3. The van der Waals surface area contributed by atoms with Gasteiger partial charge in [-0.25, -0.2) is 0 Å². The summed E-state index contributed by atoms with van der Waals surface area (Å²) in [5.41, 5.74) is 14.0. The molecule has 62 heavy (non-hydrogen) atoms. The molecule has 3 heterocycles. The Morgan fingerprint density at radius 1 is 0.242 bits per heavy atom. The molecule has 0 radical (unpaired) electrons. The summed E-state index contributed by atoms with van der Waals surface area (Å²) in [4.78, 5) is 16.5. The van der Waals surface area contributed by atoms with Gasteiger partial charge in [-0.2, -0.15) is 15.0 Å². The van der Waals surface area contributed by atoms with Crippen molar-refractivity contribution in [3.63, 3.8) is 0 Å². The van der Waals surface area contributed by atoms with Gasteiger partial charge in [0.15, 0.2) is 5.82 Å². The van der Waals surface area contributed by atoms with E-state index in [1.807, 2.05) is 0 Å². The second-order valence-electron chi connectivity index (χ2n) is 15.7. The van der Waals surface area contributed by atoms with E-state index >= 15 is 0 Å². The van der Waals surface area contributed by atoms with Gasteiger partial charge in [-0.1, -0.05) is 194 Å². The second kappa shape index (κ2) is 14.7. The topological polar surface area (TPSA) is 48.5 Å². The SMILES string of the molecule is c1ccc(-c2cccc(-c3ccccc3-c3nc(-n4c5ccccc5c5ccc(-c6ccccc6)cc54)nc(-n4c5ccccc5c5ccc(-c6ccccc6)cc54)n3)c2)cc1. The summed E-state index contributed by atoms with van der Waals surface area (Å²) in [6, 6.07) is 79.3. The molecule has 5 heteroatoms. The molecule has 0 aliphatic carbocycles. The smallest absolute Gasteiger partial charge is 0.240 e. The van der Waals surface area contributed by atoms with Gasteiger partial charge in [0.25, 0.3) is 0 Å². The van der Waals surface area contributed by atoms with Crippen molar-refractivity contribution in [1.82, 2.24) is 24.1 Å². The Morgan fingerprint density at radius 3 is 1.15 bits per heavy atom. The Bertz CT molecular complexity index is 3450. The third-order valence-electron chi connectivity index (χ3n) is 12.0. The minimum atomic E-state index is 0.541. The molecule has 3 aromatic heterocycles. The second-order valence-corrected chi connectivity index (χ2v) is 15.7. The maximum absolute atomic E-state index is 5.51. The van der Waals surface area contributed by atoms with Crippen LogP contribution in [0.3, 0.4) is 0 Å². The van der Waals surface area contributed by atoms with Crippen molar-refractivity contribution in [2.75, 3.05) is 0 Å². The summed E-state index contributed by atoms with van der Waals surface area (Å²) in [6.07, 6.45) is 0. The molecule has 0 N–H and O–H groups in total. The molecule has 0 fully saturated rings. The summed E-state index contributed by atoms with van der Waals surface area (Å²) in [6.45, 7) is 0. The predicted molar refractivity (Wildman–Crippen MR) is 256 cm³/mol. The zero-order valence-electron chi connectivity index (χ0n) is 33.6. The number of nitrogens with zero attached hydrogens (tertiary/aromatic N) is 5. The molecule has 0 aliphatic rings. The van der Waals surface area contributed by atoms with Crippen molar-refractivity contribution < 1.29 is 0 Å². The molecule has 0 saturated carbocycles. The third kappa shape index (κ3) is 5.98. The van der Waals surface area contributed by atoms with Crippen molar-refractivity contribution in [3.8, 4) is 67.8 Å². The van der Waals surface area contributed by atoms with Crippen molar-refractivity contribution >= 4 is 43.6 Å². The number of aromatic nitrogens is 5. The monoisotopic (exact) mass is 791 g/mol. The molecule has 0 amide bonds. The van der Waals surface area contributed by atoms with Gasteiger partial charge in [0, 0.05) is 27.1 Å². The van der Waals surface area contributed by atoms with Crippen LogP contribution in [-0.4, -0.2) is 24.1 Å². The molecule has 0 atom stereocenters. The average molecular weight is 792 g/mol. The molecular weight excluding hydrogens is 755 g/mol. The van der Waals surface area contributed by atoms with Crippen LogP contribution >= 0.6 is 0 Å². The van der Waals surface area contributed by atoms with Crippen LogP contribution in [0.5, 0.6) is 0 Å². The van der Waals surface area contributed by atoms with Gasteiger partial charge in [-0.05, 0) is 74.8 Å². The number of rotatable bonds is 7. The molecule has 0 aliphatic heterocycles. The molecule has 0 saturated heterocycles. The van der Waals surface area contributed by atoms with Gasteiger partial charge in [-0.3, -0.25) is 9.13 Å². The first-order valence-electron chi connectivity index (χ1n) is 20.9. The first-order chi connectivity index (χ1) is 30.7. The Balaban J connectivity index is 1.16. The van der Waals surface area contributed by atoms with Gasteiger partial charge >= 0.3 is 0 Å². The Labute approximate surface area is 358 Å². The lowest BCUT2D eigenvalue weighted by Crippen LogP contribution is -2.10. The van der Waals surface area contributed by atoms with Crippen molar-refractivity contribution in [2.24, 2.45) is 0 Å². The lowest BCUT2D eigenvalue weighted by Gasteiger charge is -2.15. The molecule has 12 rings (SSSR count). The average Bonchev–Trinajstić information content (AvgIpc) is 3.87. The molecular formula is C57H37N5. The molecule has 0 spiro atoms. The fraction of sp³-hybridized carbons (Fsp3) is 0. The standard InChI is InChI=1S/C57H37N5/c1-4-17-38(18-5-1)41-23-16-24-44(35-41)45-25-10-11-28-50(45)55-58-56(61-51-29-14-12-26-46(51)48-33-31-42(36-53(48)61)39-19-6-2-7-20-39)60-57(59-55)62-52-30-15-13-27-47(52)49-34-32-43(37-54(49)62)40-21-8-3-9-22-40/h1-37H. The Morgan fingerprint density at radius 2 is 0.629 bits per heavy atom. The summed E-state index contributed by atoms with van der Waals surface area (Å²) in [5.74, 6) is 1.67. The first kappa shape index (κ1) is 35.5. The van der Waals surface area contributed by atoms with E-state index in [2.05, 4.69) is 234 Å². The van der Waals surface area contributed by atoms with E-state index in [0.717, 1.165) is 88.1 Å². The van der Waals surface area contributed by atoms with Crippen molar-refractivity contribution in [3.05, 3.63) is 224 Å². The highest BCUT2D eigenvalue weighted by atomic mass is 15.3. The van der Waals surface area contributed by atoms with Crippen LogP contribution in [0.2, 0.25) is 0 Å². The fourth-order valence-electron chi connectivity index (χ4n) is 9.09. The maximum atomic E-state index is 5.51. The van der Waals surface area contributed by atoms with Crippen molar-refractivity contribution in [1.29, 1.82) is 0 Å². The number of para-hydroxylation sites is 2. The highest BCUT2D eigenvalue weighted by Crippen LogP contribution is 2.39. The lowest BCUT2D eigenvalue weighted by molar-refractivity contribution is 0.893. The lowest BCUT2D eigenvalue weighted by atomic mass is 9.95. The van der Waals surface area contributed by atoms with Gasteiger partial charge in [-0.15, -0.1) is 0 Å². The normalized spacial score (nSPS) is 11.5. The first-order valence-corrected chi connectivity index (χ1v) is 20.9. The molecule has 0 unspecified atom stereocenters. The van der Waals surface area contributed by atoms with Gasteiger partial charge in [0.1, 0.15) is 0 Å². The number of fused-ring (bicyclic) bond motifs is 6. The molecule has 5 nitrogen and oxygen atoms in total. The zero-order valence-corrected chi connectivity index (χ0v) is 33.6. The van der Waals surface area contributed by atoms with E-state index in [4.69, 9.17) is 15.0 Å². The van der Waals surface area contributed by atoms with Crippen LogP contribution in [-0.2, 0) is 0 Å². The largest absolute Gasteiger partial charge is 0.278 e. The van der Waals surface area contributed by atoms with E-state index in [9.17, 15) is 0 Å².